The Morgan fingerprint density at radius 2 is 0.918 bits per heavy atom. The van der Waals surface area contributed by atoms with Gasteiger partial charge in [-0.05, 0) is 64.2 Å². The normalized spacial score (nSPS) is 13.5. The van der Waals surface area contributed by atoms with Gasteiger partial charge in [-0.3, -0.25) is 9.59 Å². The zero-order valence-electron chi connectivity index (χ0n) is 39.8. The van der Waals surface area contributed by atoms with E-state index in [9.17, 15) is 19.5 Å². The first-order chi connectivity index (χ1) is 29.6. The number of hydrogen-bond acceptors (Lipinski definition) is 7. The van der Waals surface area contributed by atoms with Gasteiger partial charge < -0.3 is 28.6 Å². The number of esters is 2. The number of carboxylic acids is 1. The number of hydrogen-bond donors (Lipinski definition) is 0. The quantitative estimate of drug-likeness (QED) is 0.0260. The lowest BCUT2D eigenvalue weighted by Crippen LogP contribution is -2.55. The molecule has 0 aromatic heterocycles. The Labute approximate surface area is 374 Å². The molecule has 0 aromatic carbocycles. The highest BCUT2D eigenvalue weighted by atomic mass is 16.6. The summed E-state index contributed by atoms with van der Waals surface area (Å²) in [6, 6.07) is -0.736. The lowest BCUT2D eigenvalue weighted by molar-refractivity contribution is -0.889. The van der Waals surface area contributed by atoms with Crippen LogP contribution in [-0.4, -0.2) is 75.5 Å². The van der Waals surface area contributed by atoms with Crippen molar-refractivity contribution in [2.24, 2.45) is 0 Å². The molecule has 0 saturated carbocycles. The summed E-state index contributed by atoms with van der Waals surface area (Å²) in [7, 11) is 5.39. The van der Waals surface area contributed by atoms with Gasteiger partial charge in [0.1, 0.15) is 12.6 Å². The molecule has 0 amide bonds. The first-order valence-electron chi connectivity index (χ1n) is 24.5. The van der Waals surface area contributed by atoms with Crippen molar-refractivity contribution in [2.45, 2.75) is 206 Å². The van der Waals surface area contributed by atoms with Crippen LogP contribution in [0.1, 0.15) is 194 Å². The van der Waals surface area contributed by atoms with Gasteiger partial charge >= 0.3 is 11.9 Å². The number of likely N-dealkylation sites (N-methyl/N-ethyl adjacent to an activating group) is 1. The lowest BCUT2D eigenvalue weighted by atomic mass is 10.0. The van der Waals surface area contributed by atoms with Crippen LogP contribution in [-0.2, 0) is 28.6 Å². The number of carbonyl (C=O) groups is 3. The average molecular weight is 854 g/mol. The van der Waals surface area contributed by atoms with E-state index in [2.05, 4.69) is 86.8 Å². The molecule has 61 heavy (non-hydrogen) atoms. The zero-order chi connectivity index (χ0) is 44.9. The molecular formula is C53H91NO7. The molecule has 0 bridgehead atoms. The van der Waals surface area contributed by atoms with Gasteiger partial charge in [-0.15, -0.1) is 0 Å². The van der Waals surface area contributed by atoms with E-state index >= 15 is 0 Å². The predicted octanol–water partition coefficient (Wildman–Crippen LogP) is 12.6. The first kappa shape index (κ1) is 57.8. The van der Waals surface area contributed by atoms with Gasteiger partial charge in [-0.25, -0.2) is 0 Å². The maximum Gasteiger partial charge on any atom is 0.306 e. The molecule has 2 unspecified atom stereocenters. The van der Waals surface area contributed by atoms with Crippen molar-refractivity contribution < 1.29 is 38.2 Å². The van der Waals surface area contributed by atoms with Crippen molar-refractivity contribution in [2.75, 3.05) is 41.0 Å². The third-order valence-corrected chi connectivity index (χ3v) is 10.6. The van der Waals surface area contributed by atoms with Crippen LogP contribution in [0.2, 0.25) is 0 Å². The predicted molar refractivity (Wildman–Crippen MR) is 254 cm³/mol. The Morgan fingerprint density at radius 1 is 0.508 bits per heavy atom. The van der Waals surface area contributed by atoms with Crippen LogP contribution >= 0.6 is 0 Å². The molecule has 0 aliphatic carbocycles. The maximum atomic E-state index is 12.8. The fourth-order valence-electron chi connectivity index (χ4n) is 6.84. The topological polar surface area (TPSA) is 102 Å². The van der Waals surface area contributed by atoms with Gasteiger partial charge in [-0.1, -0.05) is 183 Å². The summed E-state index contributed by atoms with van der Waals surface area (Å²) in [6.45, 7) is 4.51. The van der Waals surface area contributed by atoms with Crippen LogP contribution in [0.4, 0.5) is 0 Å². The van der Waals surface area contributed by atoms with Gasteiger partial charge in [0.25, 0.3) is 0 Å². The smallest absolute Gasteiger partial charge is 0.306 e. The molecule has 8 heteroatoms. The molecular weight excluding hydrogens is 763 g/mol. The van der Waals surface area contributed by atoms with Crippen LogP contribution in [0.5, 0.6) is 0 Å². The molecule has 0 rings (SSSR count). The van der Waals surface area contributed by atoms with Gasteiger partial charge in [0, 0.05) is 19.3 Å². The van der Waals surface area contributed by atoms with Gasteiger partial charge in [0.2, 0.25) is 0 Å². The molecule has 0 aromatic rings. The number of ether oxygens (including phenoxy) is 3. The number of allylic oxidation sites excluding steroid dienone is 12. The van der Waals surface area contributed by atoms with E-state index in [1.807, 2.05) is 0 Å². The van der Waals surface area contributed by atoms with E-state index in [0.717, 1.165) is 70.6 Å². The fraction of sp³-hybridized carbons (Fsp3) is 0.717. The van der Waals surface area contributed by atoms with E-state index in [4.69, 9.17) is 14.2 Å². The molecule has 0 spiro atoms. The minimum atomic E-state index is -1.13. The number of nitrogens with zero attached hydrogens (tertiary/aromatic N) is 1. The minimum absolute atomic E-state index is 0.0213. The molecule has 0 fully saturated rings. The van der Waals surface area contributed by atoms with Crippen LogP contribution in [0, 0.1) is 0 Å². The van der Waals surface area contributed by atoms with Crippen molar-refractivity contribution in [1.29, 1.82) is 0 Å². The number of unbranched alkanes of at least 4 members (excludes halogenated alkanes) is 17. The van der Waals surface area contributed by atoms with Crippen LogP contribution in [0.15, 0.2) is 72.9 Å². The van der Waals surface area contributed by atoms with E-state index < -0.39 is 18.1 Å². The second-order valence-electron chi connectivity index (χ2n) is 17.3. The SMILES string of the molecule is CC/C=C/C/C=C/C/C=C/C/C=C/C/C=C/C/C=C/CCCCC(=O)OC(COCCC(C(=O)[O-])[N+](C)(C)C)COC(=O)CCCCCCCCCCCCCCCCCC. The Kier molecular flexibility index (Phi) is 41.1. The highest BCUT2D eigenvalue weighted by Gasteiger charge is 2.25. The van der Waals surface area contributed by atoms with E-state index in [-0.39, 0.29) is 49.1 Å². The Bertz CT molecular complexity index is 1230. The summed E-state index contributed by atoms with van der Waals surface area (Å²) in [6.07, 6.45) is 55.0. The van der Waals surface area contributed by atoms with Crippen molar-refractivity contribution in [1.82, 2.24) is 0 Å². The van der Waals surface area contributed by atoms with Crippen molar-refractivity contribution >= 4 is 17.9 Å². The number of carbonyl (C=O) groups excluding carboxylic acids is 3. The first-order valence-corrected chi connectivity index (χ1v) is 24.5. The highest BCUT2D eigenvalue weighted by molar-refractivity contribution is 5.70. The molecule has 0 aliphatic heterocycles. The largest absolute Gasteiger partial charge is 0.544 e. The van der Waals surface area contributed by atoms with Crippen molar-refractivity contribution in [3.8, 4) is 0 Å². The monoisotopic (exact) mass is 854 g/mol. The molecule has 0 saturated heterocycles. The van der Waals surface area contributed by atoms with Crippen LogP contribution in [0.3, 0.4) is 0 Å². The van der Waals surface area contributed by atoms with Crippen LogP contribution in [0.25, 0.3) is 0 Å². The summed E-state index contributed by atoms with van der Waals surface area (Å²) >= 11 is 0. The van der Waals surface area contributed by atoms with Crippen LogP contribution < -0.4 is 5.11 Å². The number of rotatable bonds is 43. The number of carboxylic acid groups (broad SMARTS) is 1. The van der Waals surface area contributed by atoms with Crippen molar-refractivity contribution in [3.63, 3.8) is 0 Å². The molecule has 0 N–H and O–H groups in total. The third-order valence-electron chi connectivity index (χ3n) is 10.6. The Morgan fingerprint density at radius 3 is 1.36 bits per heavy atom. The minimum Gasteiger partial charge on any atom is -0.544 e. The molecule has 0 radical (unpaired) electrons. The molecule has 0 aliphatic rings. The summed E-state index contributed by atoms with van der Waals surface area (Å²) in [5.41, 5.74) is 0. The van der Waals surface area contributed by atoms with Gasteiger partial charge in [0.05, 0.1) is 40.3 Å². The molecule has 2 atom stereocenters. The number of quaternary nitrogens is 1. The third kappa shape index (κ3) is 41.9. The lowest BCUT2D eigenvalue weighted by Gasteiger charge is -2.34. The maximum absolute atomic E-state index is 12.8. The van der Waals surface area contributed by atoms with Gasteiger partial charge in [-0.2, -0.15) is 0 Å². The average Bonchev–Trinajstić information content (AvgIpc) is 3.22. The van der Waals surface area contributed by atoms with E-state index in [1.165, 1.54) is 83.5 Å². The Balaban J connectivity index is 4.38. The summed E-state index contributed by atoms with van der Waals surface area (Å²) in [5, 5.41) is 11.6. The molecule has 350 valence electrons. The second kappa shape index (κ2) is 43.4. The van der Waals surface area contributed by atoms with E-state index in [1.54, 1.807) is 21.1 Å². The zero-order valence-corrected chi connectivity index (χ0v) is 39.8. The summed E-state index contributed by atoms with van der Waals surface area (Å²) < 4.78 is 17.2. The summed E-state index contributed by atoms with van der Waals surface area (Å²) in [4.78, 5) is 37.0. The standard InChI is InChI=1S/C53H91NO7/c1-6-8-10-12-14-16-18-20-22-24-25-26-27-28-30-32-34-36-38-40-42-44-52(56)61-49(47-59-46-45-50(53(57)58)54(3,4)5)48-60-51(55)43-41-39-37-35-33-31-29-23-21-19-17-15-13-11-9-7-2/h8,10,14,16,20,22,25-26,28,30,34,36,49-50H,6-7,9,11-13,15,17-19,21,23-24,27,29,31-33,35,37-48H2,1-5H3/b10-8+,16-14+,22-20+,26-25+,30-28+,36-34+. The Hall–Kier alpha value is -3.23. The highest BCUT2D eigenvalue weighted by Crippen LogP contribution is 2.15. The van der Waals surface area contributed by atoms with Crippen molar-refractivity contribution in [3.05, 3.63) is 72.9 Å². The van der Waals surface area contributed by atoms with E-state index in [0.29, 0.717) is 12.8 Å². The molecule has 8 nitrogen and oxygen atoms in total. The molecule has 0 heterocycles. The second-order valence-corrected chi connectivity index (χ2v) is 17.3. The number of aliphatic carboxylic acids is 1. The fourth-order valence-corrected chi connectivity index (χ4v) is 6.84. The summed E-state index contributed by atoms with van der Waals surface area (Å²) in [5.74, 6) is -1.79. The van der Waals surface area contributed by atoms with Gasteiger partial charge in [0.15, 0.2) is 6.10 Å².